The predicted molar refractivity (Wildman–Crippen MR) is 43.1 cm³/mol. The fraction of sp³-hybridized carbons (Fsp3) is 0.889. The van der Waals surface area contributed by atoms with Crippen LogP contribution in [0.15, 0.2) is 0 Å². The van der Waals surface area contributed by atoms with Crippen LogP contribution >= 0.6 is 0 Å². The van der Waals surface area contributed by atoms with Crippen molar-refractivity contribution in [1.82, 2.24) is 5.32 Å². The Morgan fingerprint density at radius 1 is 1.45 bits per heavy atom. The molecule has 2 aliphatic rings. The van der Waals surface area contributed by atoms with Crippen LogP contribution in [0.4, 0.5) is 0 Å². The largest absolute Gasteiger partial charge is 0.353 e. The van der Waals surface area contributed by atoms with Crippen molar-refractivity contribution in [3.05, 3.63) is 0 Å². The van der Waals surface area contributed by atoms with Crippen molar-refractivity contribution in [2.45, 2.75) is 38.6 Å². The fourth-order valence-corrected chi connectivity index (χ4v) is 1.55. The summed E-state index contributed by atoms with van der Waals surface area (Å²) < 4.78 is 0. The highest BCUT2D eigenvalue weighted by atomic mass is 16.2. The Labute approximate surface area is 67.4 Å². The maximum Gasteiger partial charge on any atom is 0.223 e. The minimum atomic E-state index is 0.308. The van der Waals surface area contributed by atoms with E-state index in [0.29, 0.717) is 23.8 Å². The predicted octanol–water partition coefficient (Wildman–Crippen LogP) is 1.31. The number of carbonyl (C=O) groups excluding carboxylic acids is 1. The van der Waals surface area contributed by atoms with Gasteiger partial charge in [-0.1, -0.05) is 6.92 Å². The van der Waals surface area contributed by atoms with E-state index in [4.69, 9.17) is 0 Å². The zero-order valence-corrected chi connectivity index (χ0v) is 6.97. The van der Waals surface area contributed by atoms with Gasteiger partial charge in [0, 0.05) is 12.0 Å². The molecule has 2 fully saturated rings. The second-order valence-corrected chi connectivity index (χ2v) is 3.96. The Morgan fingerprint density at radius 2 is 2.09 bits per heavy atom. The van der Waals surface area contributed by atoms with E-state index in [0.717, 1.165) is 6.42 Å². The lowest BCUT2D eigenvalue weighted by Gasteiger charge is -2.26. The number of nitrogens with one attached hydrogen (secondary N) is 1. The van der Waals surface area contributed by atoms with E-state index in [2.05, 4.69) is 12.2 Å². The number of hydrogen-bond donors (Lipinski definition) is 1. The number of rotatable bonds is 2. The molecule has 0 saturated heterocycles. The Morgan fingerprint density at radius 3 is 2.45 bits per heavy atom. The molecule has 1 amide bonds. The minimum Gasteiger partial charge on any atom is -0.353 e. The van der Waals surface area contributed by atoms with Gasteiger partial charge in [0.2, 0.25) is 5.91 Å². The average Bonchev–Trinajstić information content (AvgIpc) is 2.57. The molecule has 2 aliphatic carbocycles. The van der Waals surface area contributed by atoms with E-state index >= 15 is 0 Å². The third-order valence-corrected chi connectivity index (χ3v) is 2.90. The van der Waals surface area contributed by atoms with Gasteiger partial charge in [-0.05, 0) is 31.6 Å². The molecule has 11 heavy (non-hydrogen) atoms. The zero-order chi connectivity index (χ0) is 7.84. The van der Waals surface area contributed by atoms with Crippen LogP contribution in [-0.2, 0) is 4.79 Å². The molecule has 62 valence electrons. The van der Waals surface area contributed by atoms with E-state index in [-0.39, 0.29) is 0 Å². The highest BCUT2D eigenvalue weighted by Crippen LogP contribution is 2.38. The Hall–Kier alpha value is -0.530. The maximum atomic E-state index is 11.3. The summed E-state index contributed by atoms with van der Waals surface area (Å²) in [6.45, 7) is 2.14. The summed E-state index contributed by atoms with van der Waals surface area (Å²) in [7, 11) is 0. The summed E-state index contributed by atoms with van der Waals surface area (Å²) in [5.41, 5.74) is 0. The van der Waals surface area contributed by atoms with Gasteiger partial charge in [0.25, 0.3) is 0 Å². The average molecular weight is 153 g/mol. The first-order valence-corrected chi connectivity index (χ1v) is 4.58. The summed E-state index contributed by atoms with van der Waals surface area (Å²) >= 11 is 0. The van der Waals surface area contributed by atoms with Crippen LogP contribution in [-0.4, -0.2) is 11.9 Å². The molecule has 0 radical (unpaired) electrons. The zero-order valence-electron chi connectivity index (χ0n) is 6.97. The molecule has 2 saturated carbocycles. The lowest BCUT2D eigenvalue weighted by Crippen LogP contribution is -2.40. The van der Waals surface area contributed by atoms with Crippen molar-refractivity contribution in [2.75, 3.05) is 0 Å². The first-order chi connectivity index (χ1) is 5.27. The second kappa shape index (κ2) is 2.50. The summed E-state index contributed by atoms with van der Waals surface area (Å²) in [5, 5.41) is 3.07. The highest BCUT2D eigenvalue weighted by molar-refractivity contribution is 5.81. The van der Waals surface area contributed by atoms with Crippen LogP contribution < -0.4 is 5.32 Å². The van der Waals surface area contributed by atoms with Crippen LogP contribution in [0, 0.1) is 11.8 Å². The Kier molecular flexibility index (Phi) is 1.63. The van der Waals surface area contributed by atoms with Crippen LogP contribution in [0.5, 0.6) is 0 Å². The Balaban J connectivity index is 1.73. The van der Waals surface area contributed by atoms with Gasteiger partial charge in [-0.2, -0.15) is 0 Å². The quantitative estimate of drug-likeness (QED) is 0.636. The van der Waals surface area contributed by atoms with E-state index in [1.807, 2.05) is 0 Å². The number of carbonyl (C=O) groups is 1. The standard InChI is InChI=1S/C9H15NO/c1-6-5-8(6)9(11)10-7-3-2-4-7/h6-8H,2-5H2,1H3,(H,10,11)/t6-,8-/m0/s1. The lowest BCUT2D eigenvalue weighted by molar-refractivity contribution is -0.123. The molecule has 2 atom stereocenters. The van der Waals surface area contributed by atoms with Gasteiger partial charge in [0.1, 0.15) is 0 Å². The molecule has 0 heterocycles. The molecular formula is C9H15NO. The molecular weight excluding hydrogens is 138 g/mol. The molecule has 0 aromatic rings. The smallest absolute Gasteiger partial charge is 0.223 e. The van der Waals surface area contributed by atoms with Crippen LogP contribution in [0.3, 0.4) is 0 Å². The van der Waals surface area contributed by atoms with E-state index in [9.17, 15) is 4.79 Å². The van der Waals surface area contributed by atoms with E-state index < -0.39 is 0 Å². The van der Waals surface area contributed by atoms with Gasteiger partial charge < -0.3 is 5.32 Å². The molecule has 0 aromatic heterocycles. The monoisotopic (exact) mass is 153 g/mol. The molecule has 0 unspecified atom stereocenters. The SMILES string of the molecule is C[C@H]1C[C@@H]1C(=O)NC1CCC1. The van der Waals surface area contributed by atoms with Crippen molar-refractivity contribution in [2.24, 2.45) is 11.8 Å². The van der Waals surface area contributed by atoms with E-state index in [1.165, 1.54) is 19.3 Å². The molecule has 0 spiro atoms. The highest BCUT2D eigenvalue weighted by Gasteiger charge is 2.40. The Bertz CT molecular complexity index is 174. The first kappa shape index (κ1) is 7.14. The third-order valence-electron chi connectivity index (χ3n) is 2.90. The van der Waals surface area contributed by atoms with Gasteiger partial charge in [0.05, 0.1) is 0 Å². The summed E-state index contributed by atoms with van der Waals surface area (Å²) in [5.74, 6) is 1.31. The normalized spacial score (nSPS) is 36.1. The van der Waals surface area contributed by atoms with Crippen molar-refractivity contribution in [1.29, 1.82) is 0 Å². The van der Waals surface area contributed by atoms with Gasteiger partial charge >= 0.3 is 0 Å². The maximum absolute atomic E-state index is 11.3. The molecule has 2 nitrogen and oxygen atoms in total. The van der Waals surface area contributed by atoms with E-state index in [1.54, 1.807) is 0 Å². The first-order valence-electron chi connectivity index (χ1n) is 4.58. The summed E-state index contributed by atoms with van der Waals surface area (Å²) in [4.78, 5) is 11.3. The van der Waals surface area contributed by atoms with Gasteiger partial charge in [-0.15, -0.1) is 0 Å². The number of hydrogen-bond acceptors (Lipinski definition) is 1. The second-order valence-electron chi connectivity index (χ2n) is 3.96. The van der Waals surface area contributed by atoms with Crippen LogP contribution in [0.25, 0.3) is 0 Å². The summed E-state index contributed by atoms with van der Waals surface area (Å²) in [6, 6.07) is 0.523. The van der Waals surface area contributed by atoms with Gasteiger partial charge in [0.15, 0.2) is 0 Å². The van der Waals surface area contributed by atoms with Crippen LogP contribution in [0.1, 0.15) is 32.6 Å². The molecule has 0 aliphatic heterocycles. The van der Waals surface area contributed by atoms with Crippen molar-refractivity contribution in [3.63, 3.8) is 0 Å². The molecule has 2 rings (SSSR count). The van der Waals surface area contributed by atoms with Crippen molar-refractivity contribution >= 4 is 5.91 Å². The molecule has 1 N–H and O–H groups in total. The van der Waals surface area contributed by atoms with Crippen molar-refractivity contribution in [3.8, 4) is 0 Å². The summed E-state index contributed by atoms with van der Waals surface area (Å²) in [6.07, 6.45) is 4.81. The molecule has 0 bridgehead atoms. The number of amides is 1. The van der Waals surface area contributed by atoms with Crippen molar-refractivity contribution < 1.29 is 4.79 Å². The topological polar surface area (TPSA) is 29.1 Å². The third kappa shape index (κ3) is 1.39. The minimum absolute atomic E-state index is 0.308. The van der Waals surface area contributed by atoms with Gasteiger partial charge in [-0.25, -0.2) is 0 Å². The molecule has 0 aromatic carbocycles. The molecule has 2 heteroatoms. The van der Waals surface area contributed by atoms with Gasteiger partial charge in [-0.3, -0.25) is 4.79 Å². The van der Waals surface area contributed by atoms with Crippen LogP contribution in [0.2, 0.25) is 0 Å². The lowest BCUT2D eigenvalue weighted by atomic mass is 9.93. The fourth-order valence-electron chi connectivity index (χ4n) is 1.55.